The van der Waals surface area contributed by atoms with Crippen LogP contribution in [0.3, 0.4) is 0 Å². The molecule has 1 aromatic rings. The molecule has 0 saturated carbocycles. The third-order valence-corrected chi connectivity index (χ3v) is 5.34. The van der Waals surface area contributed by atoms with Crippen LogP contribution in [0.5, 0.6) is 0 Å². The Morgan fingerprint density at radius 2 is 1.81 bits per heavy atom. The number of nitrogens with zero attached hydrogens (tertiary/aromatic N) is 1. The maximum Gasteiger partial charge on any atom is 0.240 e. The molecule has 2 bridgehead atoms. The van der Waals surface area contributed by atoms with Crippen molar-refractivity contribution in [1.29, 1.82) is 0 Å². The lowest BCUT2D eigenvalue weighted by Crippen LogP contribution is -2.56. The molecule has 3 aliphatic heterocycles. The van der Waals surface area contributed by atoms with Crippen LogP contribution < -0.4 is 5.32 Å². The summed E-state index contributed by atoms with van der Waals surface area (Å²) in [5.41, 5.74) is 2.59. The van der Waals surface area contributed by atoms with Crippen LogP contribution in [0.25, 0.3) is 0 Å². The Kier molecular flexibility index (Phi) is 3.23. The molecule has 2 unspecified atom stereocenters. The summed E-state index contributed by atoms with van der Waals surface area (Å²) in [6.07, 6.45) is 4.18. The fourth-order valence-corrected chi connectivity index (χ4v) is 4.32. The fourth-order valence-electron chi connectivity index (χ4n) is 4.32. The van der Waals surface area contributed by atoms with Crippen molar-refractivity contribution in [3.63, 3.8) is 0 Å². The van der Waals surface area contributed by atoms with E-state index in [-0.39, 0.29) is 30.1 Å². The molecule has 0 spiro atoms. The van der Waals surface area contributed by atoms with E-state index in [9.17, 15) is 9.90 Å². The van der Waals surface area contributed by atoms with Crippen molar-refractivity contribution in [2.45, 2.75) is 62.9 Å². The lowest BCUT2D eigenvalue weighted by Gasteiger charge is -2.40. The first-order valence-corrected chi connectivity index (χ1v) is 8.03. The van der Waals surface area contributed by atoms with Crippen molar-refractivity contribution in [2.75, 3.05) is 0 Å². The van der Waals surface area contributed by atoms with Gasteiger partial charge in [-0.1, -0.05) is 24.3 Å². The number of carbonyl (C=O) groups excluding carboxylic acids is 1. The van der Waals surface area contributed by atoms with Gasteiger partial charge in [-0.3, -0.25) is 4.79 Å². The zero-order chi connectivity index (χ0) is 14.4. The van der Waals surface area contributed by atoms with Gasteiger partial charge in [0.05, 0.1) is 12.1 Å². The highest BCUT2D eigenvalue weighted by Crippen LogP contribution is 2.36. The summed E-state index contributed by atoms with van der Waals surface area (Å²) in [4.78, 5) is 15.0. The number of hydrogen-bond donors (Lipinski definition) is 2. The third kappa shape index (κ3) is 2.27. The zero-order valence-electron chi connectivity index (χ0n) is 12.2. The van der Waals surface area contributed by atoms with Crippen LogP contribution in [-0.2, 0) is 17.8 Å². The molecule has 2 fully saturated rings. The predicted octanol–water partition coefficient (Wildman–Crippen LogP) is 1.22. The van der Waals surface area contributed by atoms with E-state index in [1.165, 1.54) is 11.1 Å². The Labute approximate surface area is 125 Å². The van der Waals surface area contributed by atoms with Gasteiger partial charge in [-0.25, -0.2) is 0 Å². The second-order valence-corrected chi connectivity index (χ2v) is 6.66. The van der Waals surface area contributed by atoms with E-state index in [1.54, 1.807) is 0 Å². The lowest BCUT2D eigenvalue weighted by molar-refractivity contribution is -0.139. The van der Waals surface area contributed by atoms with Gasteiger partial charge in [-0.2, -0.15) is 0 Å². The molecule has 1 aromatic carbocycles. The number of hydrogen-bond acceptors (Lipinski definition) is 3. The van der Waals surface area contributed by atoms with Gasteiger partial charge in [0.15, 0.2) is 0 Å². The molecule has 112 valence electrons. The first kappa shape index (κ1) is 13.3. The molecule has 21 heavy (non-hydrogen) atoms. The molecule has 3 aliphatic rings. The summed E-state index contributed by atoms with van der Waals surface area (Å²) in [5, 5.41) is 13.3. The summed E-state index contributed by atoms with van der Waals surface area (Å²) in [7, 11) is 0. The minimum atomic E-state index is -0.216. The van der Waals surface area contributed by atoms with Gasteiger partial charge in [0, 0.05) is 18.6 Å². The maximum absolute atomic E-state index is 12.9. The van der Waals surface area contributed by atoms with Crippen molar-refractivity contribution < 1.29 is 9.90 Å². The molecule has 4 heteroatoms. The molecule has 0 radical (unpaired) electrons. The largest absolute Gasteiger partial charge is 0.393 e. The van der Waals surface area contributed by atoms with Crippen LogP contribution in [0.15, 0.2) is 24.3 Å². The summed E-state index contributed by atoms with van der Waals surface area (Å²) < 4.78 is 0. The van der Waals surface area contributed by atoms with E-state index in [2.05, 4.69) is 28.4 Å². The molecule has 2 N–H and O–H groups in total. The monoisotopic (exact) mass is 286 g/mol. The fraction of sp³-hybridized carbons (Fsp3) is 0.588. The van der Waals surface area contributed by atoms with Gasteiger partial charge in [-0.15, -0.1) is 0 Å². The number of aliphatic hydroxyl groups excluding tert-OH is 1. The standard InChI is InChI=1S/C17H22N2O2/c20-15-8-13-5-6-14(9-15)19(13)17(21)16-7-11-3-1-2-4-12(11)10-18-16/h1-4,13-16,18,20H,5-10H2/t13?,14?,15?,16-/m1/s1. The van der Waals surface area contributed by atoms with Crippen LogP contribution >= 0.6 is 0 Å². The van der Waals surface area contributed by atoms with E-state index in [0.29, 0.717) is 0 Å². The van der Waals surface area contributed by atoms with Gasteiger partial charge in [0.1, 0.15) is 0 Å². The molecular formula is C17H22N2O2. The number of rotatable bonds is 1. The van der Waals surface area contributed by atoms with Gasteiger partial charge in [0.25, 0.3) is 0 Å². The number of fused-ring (bicyclic) bond motifs is 3. The molecule has 3 heterocycles. The first-order chi connectivity index (χ1) is 10.2. The molecule has 4 rings (SSSR count). The molecule has 4 nitrogen and oxygen atoms in total. The van der Waals surface area contributed by atoms with Crippen molar-refractivity contribution in [3.8, 4) is 0 Å². The molecule has 3 atom stereocenters. The van der Waals surface area contributed by atoms with Gasteiger partial charge >= 0.3 is 0 Å². The van der Waals surface area contributed by atoms with E-state index < -0.39 is 0 Å². The lowest BCUT2D eigenvalue weighted by atomic mass is 9.93. The molecular weight excluding hydrogens is 264 g/mol. The second-order valence-electron chi connectivity index (χ2n) is 6.66. The van der Waals surface area contributed by atoms with Crippen molar-refractivity contribution >= 4 is 5.91 Å². The third-order valence-electron chi connectivity index (χ3n) is 5.34. The quantitative estimate of drug-likeness (QED) is 0.816. The highest BCUT2D eigenvalue weighted by Gasteiger charge is 2.44. The summed E-state index contributed by atoms with van der Waals surface area (Å²) in [6.45, 7) is 0.776. The highest BCUT2D eigenvalue weighted by molar-refractivity contribution is 5.83. The Hall–Kier alpha value is -1.39. The minimum Gasteiger partial charge on any atom is -0.393 e. The number of carbonyl (C=O) groups is 1. The number of amides is 1. The van der Waals surface area contributed by atoms with Crippen LogP contribution in [0.2, 0.25) is 0 Å². The Morgan fingerprint density at radius 1 is 1.14 bits per heavy atom. The van der Waals surface area contributed by atoms with Crippen LogP contribution in [-0.4, -0.2) is 40.1 Å². The highest BCUT2D eigenvalue weighted by atomic mass is 16.3. The number of benzene rings is 1. The van der Waals surface area contributed by atoms with Gasteiger partial charge in [0.2, 0.25) is 5.91 Å². The number of piperidine rings is 1. The SMILES string of the molecule is O=C([C@H]1Cc2ccccc2CN1)N1C2CCC1CC(O)C2. The van der Waals surface area contributed by atoms with E-state index in [1.807, 2.05) is 6.07 Å². The average molecular weight is 286 g/mol. The normalized spacial score (nSPS) is 34.6. The Balaban J connectivity index is 1.52. The summed E-state index contributed by atoms with van der Waals surface area (Å²) >= 11 is 0. The first-order valence-electron chi connectivity index (χ1n) is 8.03. The molecule has 1 amide bonds. The topological polar surface area (TPSA) is 52.6 Å². The van der Waals surface area contributed by atoms with Gasteiger partial charge in [-0.05, 0) is 43.2 Å². The summed E-state index contributed by atoms with van der Waals surface area (Å²) in [5.74, 6) is 0.240. The molecule has 2 saturated heterocycles. The predicted molar refractivity (Wildman–Crippen MR) is 79.7 cm³/mol. The number of nitrogens with one attached hydrogen (secondary N) is 1. The van der Waals surface area contributed by atoms with Crippen molar-refractivity contribution in [2.24, 2.45) is 0 Å². The van der Waals surface area contributed by atoms with E-state index in [0.717, 1.165) is 38.6 Å². The average Bonchev–Trinajstić information content (AvgIpc) is 2.78. The van der Waals surface area contributed by atoms with Crippen LogP contribution in [0.4, 0.5) is 0 Å². The smallest absolute Gasteiger partial charge is 0.240 e. The van der Waals surface area contributed by atoms with E-state index >= 15 is 0 Å². The second kappa shape index (κ2) is 5.11. The maximum atomic E-state index is 12.9. The van der Waals surface area contributed by atoms with E-state index in [4.69, 9.17) is 0 Å². The molecule has 0 aliphatic carbocycles. The van der Waals surface area contributed by atoms with Crippen LogP contribution in [0.1, 0.15) is 36.8 Å². The minimum absolute atomic E-state index is 0.0988. The summed E-state index contributed by atoms with van der Waals surface area (Å²) in [6, 6.07) is 8.77. The number of aliphatic hydroxyl groups is 1. The van der Waals surface area contributed by atoms with Crippen molar-refractivity contribution in [1.82, 2.24) is 10.2 Å². The Bertz CT molecular complexity index is 545. The Morgan fingerprint density at radius 3 is 2.52 bits per heavy atom. The van der Waals surface area contributed by atoms with Crippen molar-refractivity contribution in [3.05, 3.63) is 35.4 Å². The van der Waals surface area contributed by atoms with Crippen LogP contribution in [0, 0.1) is 0 Å². The molecule has 0 aromatic heterocycles. The zero-order valence-corrected chi connectivity index (χ0v) is 12.2. The van der Waals surface area contributed by atoms with Gasteiger partial charge < -0.3 is 15.3 Å².